The lowest BCUT2D eigenvalue weighted by Crippen LogP contribution is -2.44. The van der Waals surface area contributed by atoms with Crippen LogP contribution in [0.3, 0.4) is 0 Å². The highest BCUT2D eigenvalue weighted by Gasteiger charge is 2.54. The second kappa shape index (κ2) is 4.43. The fraction of sp³-hybridized carbons (Fsp3) is 0.353. The summed E-state index contributed by atoms with van der Waals surface area (Å²) < 4.78 is 15.2. The molecule has 6 nitrogen and oxygen atoms in total. The molecule has 0 radical (unpaired) electrons. The van der Waals surface area contributed by atoms with Crippen LogP contribution in [0, 0.1) is 5.82 Å². The van der Waals surface area contributed by atoms with Crippen molar-refractivity contribution in [3.63, 3.8) is 0 Å². The maximum Gasteiger partial charge on any atom is 0.240 e. The van der Waals surface area contributed by atoms with E-state index in [9.17, 15) is 14.0 Å². The Hall–Kier alpha value is -2.70. The molecule has 4 rings (SSSR count). The summed E-state index contributed by atoms with van der Waals surface area (Å²) in [5, 5.41) is 9.94. The highest BCUT2D eigenvalue weighted by atomic mass is 19.1. The first-order valence-corrected chi connectivity index (χ1v) is 7.74. The van der Waals surface area contributed by atoms with Gasteiger partial charge in [-0.1, -0.05) is 6.07 Å². The van der Waals surface area contributed by atoms with E-state index in [1.807, 2.05) is 20.8 Å². The lowest BCUT2D eigenvalue weighted by molar-refractivity contribution is -0.125. The third kappa shape index (κ3) is 1.78. The van der Waals surface area contributed by atoms with Gasteiger partial charge in [-0.05, 0) is 38.5 Å². The summed E-state index contributed by atoms with van der Waals surface area (Å²) in [5.74, 6) is -0.503. The van der Waals surface area contributed by atoms with Gasteiger partial charge in [0.15, 0.2) is 0 Å². The van der Waals surface area contributed by atoms with Crippen molar-refractivity contribution in [2.45, 2.75) is 38.1 Å². The molecule has 2 aromatic rings. The molecule has 0 saturated heterocycles. The second-order valence-electron chi connectivity index (χ2n) is 7.26. The summed E-state index contributed by atoms with van der Waals surface area (Å²) in [5.41, 5.74) is 0.132. The number of aromatic nitrogens is 2. The van der Waals surface area contributed by atoms with E-state index in [0.29, 0.717) is 22.6 Å². The van der Waals surface area contributed by atoms with Gasteiger partial charge in [0.05, 0.1) is 11.7 Å². The highest BCUT2D eigenvalue weighted by molar-refractivity contribution is 6.14. The molecule has 7 heteroatoms. The van der Waals surface area contributed by atoms with Gasteiger partial charge in [0, 0.05) is 17.7 Å². The molecular weight excluding hydrogens is 311 g/mol. The molecular formula is C17H17FN4O2. The Balaban J connectivity index is 2.01. The van der Waals surface area contributed by atoms with Gasteiger partial charge >= 0.3 is 0 Å². The Kier molecular flexibility index (Phi) is 2.75. The van der Waals surface area contributed by atoms with Crippen molar-refractivity contribution in [1.82, 2.24) is 9.78 Å². The first-order valence-electron chi connectivity index (χ1n) is 7.74. The molecule has 0 bridgehead atoms. The van der Waals surface area contributed by atoms with Crippen molar-refractivity contribution in [3.05, 3.63) is 41.3 Å². The van der Waals surface area contributed by atoms with Gasteiger partial charge < -0.3 is 10.6 Å². The number of carbonyl (C=O) groups excluding carboxylic acids is 2. The van der Waals surface area contributed by atoms with Gasteiger partial charge in [-0.25, -0.2) is 9.07 Å². The summed E-state index contributed by atoms with van der Waals surface area (Å²) in [7, 11) is 0. The lowest BCUT2D eigenvalue weighted by Gasteiger charge is -2.33. The highest BCUT2D eigenvalue weighted by Crippen LogP contribution is 2.50. The second-order valence-corrected chi connectivity index (χ2v) is 7.26. The Morgan fingerprint density at radius 2 is 1.96 bits per heavy atom. The molecule has 2 N–H and O–H groups in total. The van der Waals surface area contributed by atoms with Crippen LogP contribution in [0.25, 0.3) is 0 Å². The zero-order valence-electron chi connectivity index (χ0n) is 13.6. The maximum absolute atomic E-state index is 13.5. The fourth-order valence-corrected chi connectivity index (χ4v) is 3.59. The quantitative estimate of drug-likeness (QED) is 0.779. The topological polar surface area (TPSA) is 76.0 Å². The van der Waals surface area contributed by atoms with Crippen LogP contribution in [-0.4, -0.2) is 21.6 Å². The number of nitrogens with zero attached hydrogens (tertiary/aromatic N) is 2. The van der Waals surface area contributed by atoms with Crippen LogP contribution in [0.2, 0.25) is 0 Å². The van der Waals surface area contributed by atoms with E-state index in [4.69, 9.17) is 0 Å². The molecule has 1 aromatic heterocycles. The number of carbonyl (C=O) groups is 2. The zero-order valence-corrected chi connectivity index (χ0v) is 13.6. The number of amides is 2. The molecule has 1 spiro atoms. The van der Waals surface area contributed by atoms with Gasteiger partial charge in [-0.3, -0.25) is 9.59 Å². The minimum atomic E-state index is -1.16. The van der Waals surface area contributed by atoms with Gasteiger partial charge in [-0.2, -0.15) is 5.10 Å². The minimum Gasteiger partial charge on any atom is -0.325 e. The number of benzene rings is 1. The number of rotatable bonds is 0. The molecule has 3 heterocycles. The standard InChI is InChI=1S/C17H17FN4O2/c1-16(2,3)22-14-11(8-19-22)17(7-13(23)21-14)10-5-4-9(18)6-12(10)20-15(17)24/h4-6,8H,7H2,1-3H3,(H,20,24)(H,21,23). The fourth-order valence-electron chi connectivity index (χ4n) is 3.59. The van der Waals surface area contributed by atoms with Crippen molar-refractivity contribution < 1.29 is 14.0 Å². The molecule has 0 saturated carbocycles. The molecule has 1 aromatic carbocycles. The lowest BCUT2D eigenvalue weighted by atomic mass is 9.72. The van der Waals surface area contributed by atoms with Crippen LogP contribution in [0.15, 0.2) is 24.4 Å². The van der Waals surface area contributed by atoms with Crippen LogP contribution < -0.4 is 10.6 Å². The zero-order chi connectivity index (χ0) is 17.3. The Morgan fingerprint density at radius 1 is 1.21 bits per heavy atom. The van der Waals surface area contributed by atoms with Crippen molar-refractivity contribution in [1.29, 1.82) is 0 Å². The molecule has 0 fully saturated rings. The number of hydrogen-bond donors (Lipinski definition) is 2. The van der Waals surface area contributed by atoms with E-state index in [-0.39, 0.29) is 23.8 Å². The molecule has 124 valence electrons. The van der Waals surface area contributed by atoms with E-state index in [1.54, 1.807) is 16.9 Å². The SMILES string of the molecule is CC(C)(C)n1ncc2c1NC(=O)CC21C(=O)Nc2cc(F)ccc21. The summed E-state index contributed by atoms with van der Waals surface area (Å²) in [6.07, 6.45) is 1.60. The molecule has 0 aliphatic carbocycles. The van der Waals surface area contributed by atoms with Gasteiger partial charge in [0.2, 0.25) is 11.8 Å². The van der Waals surface area contributed by atoms with E-state index in [0.717, 1.165) is 0 Å². The normalized spacial score (nSPS) is 22.2. The number of hydrogen-bond acceptors (Lipinski definition) is 3. The van der Waals surface area contributed by atoms with Crippen LogP contribution in [-0.2, 0) is 20.5 Å². The summed E-state index contributed by atoms with van der Waals surface area (Å²) >= 11 is 0. The van der Waals surface area contributed by atoms with E-state index >= 15 is 0 Å². The third-order valence-electron chi connectivity index (χ3n) is 4.63. The monoisotopic (exact) mass is 328 g/mol. The summed E-state index contributed by atoms with van der Waals surface area (Å²) in [6, 6.07) is 4.16. The van der Waals surface area contributed by atoms with Crippen molar-refractivity contribution in [3.8, 4) is 0 Å². The van der Waals surface area contributed by atoms with Crippen LogP contribution in [0.1, 0.15) is 38.3 Å². The average molecular weight is 328 g/mol. The predicted octanol–water partition coefficient (Wildman–Crippen LogP) is 2.36. The molecule has 2 aliphatic heterocycles. The molecule has 1 unspecified atom stereocenters. The van der Waals surface area contributed by atoms with Crippen molar-refractivity contribution in [2.75, 3.05) is 10.6 Å². The maximum atomic E-state index is 13.5. The number of nitrogens with one attached hydrogen (secondary N) is 2. The first-order chi connectivity index (χ1) is 11.2. The first kappa shape index (κ1) is 14.9. The van der Waals surface area contributed by atoms with E-state index < -0.39 is 11.2 Å². The molecule has 2 amide bonds. The number of anilines is 2. The molecule has 1 atom stereocenters. The largest absolute Gasteiger partial charge is 0.325 e. The van der Waals surface area contributed by atoms with Crippen LogP contribution in [0.4, 0.5) is 15.9 Å². The molecule has 2 aliphatic rings. The van der Waals surface area contributed by atoms with Gasteiger partial charge in [0.25, 0.3) is 0 Å². The third-order valence-corrected chi connectivity index (χ3v) is 4.63. The summed E-state index contributed by atoms with van der Waals surface area (Å²) in [6.45, 7) is 5.89. The smallest absolute Gasteiger partial charge is 0.240 e. The van der Waals surface area contributed by atoms with Crippen LogP contribution in [0.5, 0.6) is 0 Å². The Morgan fingerprint density at radius 3 is 2.67 bits per heavy atom. The van der Waals surface area contributed by atoms with E-state index in [1.165, 1.54) is 12.1 Å². The molecule has 24 heavy (non-hydrogen) atoms. The van der Waals surface area contributed by atoms with Gasteiger partial charge in [0.1, 0.15) is 17.1 Å². The van der Waals surface area contributed by atoms with E-state index in [2.05, 4.69) is 15.7 Å². The Labute approximate surface area is 138 Å². The van der Waals surface area contributed by atoms with Gasteiger partial charge in [-0.15, -0.1) is 0 Å². The number of halogens is 1. The van der Waals surface area contributed by atoms with Crippen molar-refractivity contribution >= 4 is 23.3 Å². The number of fused-ring (bicyclic) bond motifs is 4. The van der Waals surface area contributed by atoms with Crippen LogP contribution >= 0.6 is 0 Å². The Bertz CT molecular complexity index is 896. The average Bonchev–Trinajstić information content (AvgIpc) is 2.99. The predicted molar refractivity (Wildman–Crippen MR) is 86.3 cm³/mol. The summed E-state index contributed by atoms with van der Waals surface area (Å²) in [4.78, 5) is 25.2. The van der Waals surface area contributed by atoms with Crippen molar-refractivity contribution in [2.24, 2.45) is 0 Å². The minimum absolute atomic E-state index is 0.0275.